The highest BCUT2D eigenvalue weighted by atomic mass is 19.1. The summed E-state index contributed by atoms with van der Waals surface area (Å²) < 4.78 is 13.5. The Bertz CT molecular complexity index is 350. The Morgan fingerprint density at radius 2 is 1.61 bits per heavy atom. The Balaban J connectivity index is 2.49. The van der Waals surface area contributed by atoms with E-state index in [-0.39, 0.29) is 11.9 Å². The van der Waals surface area contributed by atoms with Crippen LogP contribution in [-0.2, 0) is 0 Å². The molecule has 0 saturated heterocycles. The molecule has 1 rings (SSSR count). The van der Waals surface area contributed by atoms with Gasteiger partial charge in [-0.05, 0) is 37.0 Å². The third-order valence-corrected chi connectivity index (χ3v) is 3.51. The zero-order chi connectivity index (χ0) is 13.5. The molecule has 1 unspecified atom stereocenters. The van der Waals surface area contributed by atoms with Crippen LogP contribution in [0.3, 0.4) is 0 Å². The molecule has 0 aliphatic heterocycles. The molecule has 0 heterocycles. The van der Waals surface area contributed by atoms with E-state index in [1.807, 2.05) is 12.1 Å². The molecule has 1 aromatic rings. The highest BCUT2D eigenvalue weighted by molar-refractivity contribution is 5.32. The largest absolute Gasteiger partial charge is 0.324 e. The van der Waals surface area contributed by atoms with Crippen LogP contribution in [0.2, 0.25) is 0 Å². The number of hydrogen-bond donors (Lipinski definition) is 1. The maximum Gasteiger partial charge on any atom is 0.129 e. The van der Waals surface area contributed by atoms with Gasteiger partial charge in [-0.25, -0.2) is 4.39 Å². The van der Waals surface area contributed by atoms with Crippen LogP contribution in [0.1, 0.15) is 68.2 Å². The average molecular weight is 251 g/mol. The molecule has 102 valence electrons. The zero-order valence-electron chi connectivity index (χ0n) is 11.9. The van der Waals surface area contributed by atoms with Crippen molar-refractivity contribution in [2.45, 2.75) is 65.3 Å². The first-order valence-electron chi connectivity index (χ1n) is 7.08. The summed E-state index contributed by atoms with van der Waals surface area (Å²) in [6.07, 6.45) is 7.28. The molecule has 0 aliphatic carbocycles. The van der Waals surface area contributed by atoms with E-state index in [9.17, 15) is 4.39 Å². The lowest BCUT2D eigenvalue weighted by Crippen LogP contribution is -2.11. The number of unbranched alkanes of at least 4 members (excludes halogenated alkanes) is 4. The Labute approximate surface area is 111 Å². The molecule has 0 radical (unpaired) electrons. The number of nitrogens with two attached hydrogens (primary N) is 1. The highest BCUT2D eigenvalue weighted by Crippen LogP contribution is 2.22. The smallest absolute Gasteiger partial charge is 0.129 e. The van der Waals surface area contributed by atoms with Crippen LogP contribution < -0.4 is 5.73 Å². The van der Waals surface area contributed by atoms with Crippen LogP contribution in [0, 0.1) is 19.7 Å². The van der Waals surface area contributed by atoms with Crippen molar-refractivity contribution in [2.24, 2.45) is 5.73 Å². The van der Waals surface area contributed by atoms with Crippen molar-refractivity contribution in [3.63, 3.8) is 0 Å². The summed E-state index contributed by atoms with van der Waals surface area (Å²) >= 11 is 0. The predicted octanol–water partition coefficient (Wildman–Crippen LogP) is 4.80. The number of halogens is 1. The fourth-order valence-electron chi connectivity index (χ4n) is 2.33. The first kappa shape index (κ1) is 15.2. The summed E-state index contributed by atoms with van der Waals surface area (Å²) in [5.74, 6) is -0.103. The van der Waals surface area contributed by atoms with Gasteiger partial charge in [-0.2, -0.15) is 0 Å². The summed E-state index contributed by atoms with van der Waals surface area (Å²) in [6.45, 7) is 5.83. The monoisotopic (exact) mass is 251 g/mol. The summed E-state index contributed by atoms with van der Waals surface area (Å²) in [5, 5.41) is 0. The van der Waals surface area contributed by atoms with Gasteiger partial charge >= 0.3 is 0 Å². The second kappa shape index (κ2) is 7.52. The molecule has 1 aromatic carbocycles. The molecule has 0 bridgehead atoms. The Morgan fingerprint density at radius 1 is 1.06 bits per heavy atom. The van der Waals surface area contributed by atoms with E-state index in [4.69, 9.17) is 5.73 Å². The molecular formula is C16H26FN. The van der Waals surface area contributed by atoms with Crippen molar-refractivity contribution in [3.05, 3.63) is 34.6 Å². The molecule has 18 heavy (non-hydrogen) atoms. The first-order valence-corrected chi connectivity index (χ1v) is 7.08. The summed E-state index contributed by atoms with van der Waals surface area (Å²) in [6, 6.07) is 3.82. The van der Waals surface area contributed by atoms with E-state index in [1.54, 1.807) is 13.8 Å². The molecule has 1 atom stereocenters. The van der Waals surface area contributed by atoms with Crippen LogP contribution in [0.25, 0.3) is 0 Å². The van der Waals surface area contributed by atoms with E-state index in [0.29, 0.717) is 11.1 Å². The van der Waals surface area contributed by atoms with Gasteiger partial charge in [0.25, 0.3) is 0 Å². The van der Waals surface area contributed by atoms with E-state index in [2.05, 4.69) is 6.92 Å². The summed E-state index contributed by atoms with van der Waals surface area (Å²) in [4.78, 5) is 0. The molecule has 0 amide bonds. The fraction of sp³-hybridized carbons (Fsp3) is 0.625. The van der Waals surface area contributed by atoms with Crippen molar-refractivity contribution in [2.75, 3.05) is 0 Å². The van der Waals surface area contributed by atoms with Gasteiger partial charge in [-0.3, -0.25) is 0 Å². The number of aryl methyl sites for hydroxylation is 2. The number of hydrogen-bond acceptors (Lipinski definition) is 1. The molecular weight excluding hydrogens is 225 g/mol. The van der Waals surface area contributed by atoms with Crippen LogP contribution in [0.5, 0.6) is 0 Å². The van der Waals surface area contributed by atoms with E-state index >= 15 is 0 Å². The molecule has 2 N–H and O–H groups in total. The normalized spacial score (nSPS) is 12.7. The minimum Gasteiger partial charge on any atom is -0.324 e. The Morgan fingerprint density at radius 3 is 2.17 bits per heavy atom. The fourth-order valence-corrected chi connectivity index (χ4v) is 2.33. The topological polar surface area (TPSA) is 26.0 Å². The molecule has 0 fully saturated rings. The second-order valence-corrected chi connectivity index (χ2v) is 5.28. The van der Waals surface area contributed by atoms with Gasteiger partial charge in [-0.15, -0.1) is 0 Å². The minimum atomic E-state index is -0.103. The standard InChI is InChI=1S/C16H26FN/c1-4-5-6-7-8-9-15(18)14-10-12(2)16(17)13(3)11-14/h10-11,15H,4-9,18H2,1-3H3. The molecule has 0 aliphatic rings. The summed E-state index contributed by atoms with van der Waals surface area (Å²) in [7, 11) is 0. The Kier molecular flexibility index (Phi) is 6.34. The average Bonchev–Trinajstić information content (AvgIpc) is 2.34. The molecule has 1 nitrogen and oxygen atoms in total. The van der Waals surface area contributed by atoms with E-state index in [0.717, 1.165) is 18.4 Å². The molecule has 0 spiro atoms. The lowest BCUT2D eigenvalue weighted by molar-refractivity contribution is 0.552. The van der Waals surface area contributed by atoms with Crippen LogP contribution >= 0.6 is 0 Å². The lowest BCUT2D eigenvalue weighted by Gasteiger charge is -2.14. The molecule has 0 saturated carbocycles. The van der Waals surface area contributed by atoms with Gasteiger partial charge in [0.05, 0.1) is 0 Å². The molecule has 2 heteroatoms. The van der Waals surface area contributed by atoms with Gasteiger partial charge in [0.1, 0.15) is 5.82 Å². The molecule has 0 aromatic heterocycles. The van der Waals surface area contributed by atoms with Crippen molar-refractivity contribution in [3.8, 4) is 0 Å². The minimum absolute atomic E-state index is 0.0460. The zero-order valence-corrected chi connectivity index (χ0v) is 11.9. The van der Waals surface area contributed by atoms with Crippen molar-refractivity contribution >= 4 is 0 Å². The lowest BCUT2D eigenvalue weighted by atomic mass is 9.97. The van der Waals surface area contributed by atoms with E-state index in [1.165, 1.54) is 25.7 Å². The van der Waals surface area contributed by atoms with Crippen LogP contribution in [0.15, 0.2) is 12.1 Å². The predicted molar refractivity (Wildman–Crippen MR) is 76.2 cm³/mol. The first-order chi connectivity index (χ1) is 8.56. The van der Waals surface area contributed by atoms with Gasteiger partial charge in [0.2, 0.25) is 0 Å². The van der Waals surface area contributed by atoms with Gasteiger partial charge in [0, 0.05) is 6.04 Å². The van der Waals surface area contributed by atoms with Gasteiger partial charge in [0.15, 0.2) is 0 Å². The quantitative estimate of drug-likeness (QED) is 0.692. The number of benzene rings is 1. The van der Waals surface area contributed by atoms with E-state index < -0.39 is 0 Å². The maximum absolute atomic E-state index is 13.5. The van der Waals surface area contributed by atoms with Gasteiger partial charge < -0.3 is 5.73 Å². The van der Waals surface area contributed by atoms with Crippen molar-refractivity contribution in [1.29, 1.82) is 0 Å². The van der Waals surface area contributed by atoms with Crippen molar-refractivity contribution in [1.82, 2.24) is 0 Å². The van der Waals surface area contributed by atoms with Crippen molar-refractivity contribution < 1.29 is 4.39 Å². The van der Waals surface area contributed by atoms with Gasteiger partial charge in [-0.1, -0.05) is 51.2 Å². The highest BCUT2D eigenvalue weighted by Gasteiger charge is 2.10. The third kappa shape index (κ3) is 4.41. The maximum atomic E-state index is 13.5. The van der Waals surface area contributed by atoms with Crippen LogP contribution in [-0.4, -0.2) is 0 Å². The van der Waals surface area contributed by atoms with Crippen LogP contribution in [0.4, 0.5) is 4.39 Å². The number of rotatable bonds is 7. The third-order valence-electron chi connectivity index (χ3n) is 3.51. The SMILES string of the molecule is CCCCCCCC(N)c1cc(C)c(F)c(C)c1. The Hall–Kier alpha value is -0.890. The summed E-state index contributed by atoms with van der Waals surface area (Å²) in [5.41, 5.74) is 8.65. The second-order valence-electron chi connectivity index (χ2n) is 5.28.